The molecule has 0 saturated carbocycles. The molecule has 5 heteroatoms. The fraction of sp³-hybridized carbons (Fsp3) is 0.222. The van der Waals surface area contributed by atoms with Crippen molar-refractivity contribution in [2.24, 2.45) is 7.05 Å². The van der Waals surface area contributed by atoms with Gasteiger partial charge in [-0.15, -0.1) is 5.10 Å². The lowest BCUT2D eigenvalue weighted by Crippen LogP contribution is -2.26. The van der Waals surface area contributed by atoms with Crippen LogP contribution in [0.2, 0.25) is 0 Å². The van der Waals surface area contributed by atoms with E-state index < -0.39 is 0 Å². The minimum atomic E-state index is -0.195. The monoisotopic (exact) mass is 309 g/mol. The van der Waals surface area contributed by atoms with E-state index in [1.807, 2.05) is 37.3 Å². The van der Waals surface area contributed by atoms with Crippen LogP contribution in [-0.2, 0) is 7.05 Å². The molecule has 2 aromatic carbocycles. The van der Waals surface area contributed by atoms with Crippen molar-refractivity contribution in [2.45, 2.75) is 13.0 Å². The molecule has 3 rings (SSSR count). The molecule has 0 aliphatic rings. The van der Waals surface area contributed by atoms with E-state index in [-0.39, 0.29) is 11.7 Å². The van der Waals surface area contributed by atoms with Crippen molar-refractivity contribution in [2.75, 3.05) is 7.11 Å². The van der Waals surface area contributed by atoms with Gasteiger partial charge in [0.1, 0.15) is 0 Å². The van der Waals surface area contributed by atoms with Gasteiger partial charge in [-0.2, -0.15) is 0 Å². The lowest BCUT2D eigenvalue weighted by atomic mass is 10.00. The van der Waals surface area contributed by atoms with E-state index in [0.717, 1.165) is 16.7 Å². The molecular formula is C18H19N3O2. The molecule has 0 amide bonds. The van der Waals surface area contributed by atoms with Crippen molar-refractivity contribution in [1.29, 1.82) is 0 Å². The molecule has 1 heterocycles. The maximum atomic E-state index is 12.3. The van der Waals surface area contributed by atoms with Crippen LogP contribution in [0.4, 0.5) is 0 Å². The molecule has 23 heavy (non-hydrogen) atoms. The molecule has 0 fully saturated rings. The third-order valence-electron chi connectivity index (χ3n) is 3.97. The van der Waals surface area contributed by atoms with Crippen LogP contribution < -0.4 is 10.4 Å². The second kappa shape index (κ2) is 6.12. The highest BCUT2D eigenvalue weighted by molar-refractivity contribution is 5.64. The van der Waals surface area contributed by atoms with Crippen molar-refractivity contribution in [3.05, 3.63) is 70.6 Å². The topological polar surface area (TPSA) is 49.1 Å². The van der Waals surface area contributed by atoms with Gasteiger partial charge in [0, 0.05) is 7.05 Å². The maximum absolute atomic E-state index is 12.3. The Morgan fingerprint density at radius 3 is 2.43 bits per heavy atom. The molecule has 1 aromatic heterocycles. The summed E-state index contributed by atoms with van der Waals surface area (Å²) < 4.78 is 8.08. The zero-order valence-corrected chi connectivity index (χ0v) is 13.4. The Balaban J connectivity index is 2.04. The summed E-state index contributed by atoms with van der Waals surface area (Å²) in [7, 11) is 3.14. The van der Waals surface area contributed by atoms with Crippen LogP contribution >= 0.6 is 0 Å². The van der Waals surface area contributed by atoms with Gasteiger partial charge < -0.3 is 4.74 Å². The largest absolute Gasteiger partial charge is 0.467 e. The van der Waals surface area contributed by atoms with Gasteiger partial charge in [-0.05, 0) is 29.7 Å². The number of aryl methyl sites for hydroxylation is 1. The fourth-order valence-electron chi connectivity index (χ4n) is 2.69. The number of rotatable bonds is 4. The number of methoxy groups -OCH3 is 1. The molecule has 0 aliphatic heterocycles. The lowest BCUT2D eigenvalue weighted by Gasteiger charge is -2.15. The van der Waals surface area contributed by atoms with Crippen LogP contribution in [0.25, 0.3) is 11.1 Å². The van der Waals surface area contributed by atoms with E-state index >= 15 is 0 Å². The van der Waals surface area contributed by atoms with Crippen molar-refractivity contribution in [1.82, 2.24) is 14.3 Å². The molecule has 0 bridgehead atoms. The van der Waals surface area contributed by atoms with Crippen LogP contribution in [0.1, 0.15) is 18.5 Å². The summed E-state index contributed by atoms with van der Waals surface area (Å²) in [6.07, 6.45) is 0. The Morgan fingerprint density at radius 1 is 1.04 bits per heavy atom. The van der Waals surface area contributed by atoms with Gasteiger partial charge in [0.2, 0.25) is 0 Å². The van der Waals surface area contributed by atoms with E-state index in [9.17, 15) is 4.79 Å². The molecular weight excluding hydrogens is 290 g/mol. The first-order valence-electron chi connectivity index (χ1n) is 7.46. The zero-order chi connectivity index (χ0) is 16.4. The highest BCUT2D eigenvalue weighted by atomic mass is 16.5. The van der Waals surface area contributed by atoms with E-state index in [4.69, 9.17) is 4.74 Å². The number of hydrogen-bond donors (Lipinski definition) is 0. The van der Waals surface area contributed by atoms with Crippen LogP contribution in [-0.4, -0.2) is 21.5 Å². The van der Waals surface area contributed by atoms with Crippen molar-refractivity contribution in [3.63, 3.8) is 0 Å². The molecule has 118 valence electrons. The third kappa shape index (κ3) is 2.77. The minimum absolute atomic E-state index is 0.171. The molecule has 1 atom stereocenters. The summed E-state index contributed by atoms with van der Waals surface area (Å²) in [5.41, 5.74) is 3.09. The third-order valence-corrected chi connectivity index (χ3v) is 3.97. The quantitative estimate of drug-likeness (QED) is 0.744. The van der Waals surface area contributed by atoms with Gasteiger partial charge in [-0.1, -0.05) is 48.5 Å². The summed E-state index contributed by atoms with van der Waals surface area (Å²) in [5, 5.41) is 4.10. The van der Waals surface area contributed by atoms with E-state index in [1.165, 1.54) is 11.8 Å². The van der Waals surface area contributed by atoms with Crippen LogP contribution in [0, 0.1) is 0 Å². The number of aromatic nitrogens is 3. The Hall–Kier alpha value is -2.82. The maximum Gasteiger partial charge on any atom is 0.349 e. The first kappa shape index (κ1) is 15.1. The fourth-order valence-corrected chi connectivity index (χ4v) is 2.69. The first-order chi connectivity index (χ1) is 11.1. The van der Waals surface area contributed by atoms with Crippen LogP contribution in [0.15, 0.2) is 59.4 Å². The van der Waals surface area contributed by atoms with Gasteiger partial charge >= 0.3 is 11.7 Å². The Bertz CT molecular complexity index is 865. The number of hydrogen-bond acceptors (Lipinski definition) is 3. The van der Waals surface area contributed by atoms with E-state index in [1.54, 1.807) is 11.6 Å². The highest BCUT2D eigenvalue weighted by Crippen LogP contribution is 2.26. The standard InChI is InChI=1S/C18H19N3O2/c1-13(21-17(23-3)19-20(2)18(21)22)15-10-7-11-16(12-15)14-8-5-4-6-9-14/h4-13H,1-3H3. The minimum Gasteiger partial charge on any atom is -0.467 e. The molecule has 0 saturated heterocycles. The predicted molar refractivity (Wildman–Crippen MR) is 89.7 cm³/mol. The zero-order valence-electron chi connectivity index (χ0n) is 13.4. The smallest absolute Gasteiger partial charge is 0.349 e. The van der Waals surface area contributed by atoms with Gasteiger partial charge in [0.05, 0.1) is 13.2 Å². The summed E-state index contributed by atoms with van der Waals surface area (Å²) in [4.78, 5) is 12.3. The van der Waals surface area contributed by atoms with Crippen LogP contribution in [0.3, 0.4) is 0 Å². The molecule has 1 unspecified atom stereocenters. The van der Waals surface area contributed by atoms with Gasteiger partial charge in [0.15, 0.2) is 0 Å². The average molecular weight is 309 g/mol. The summed E-state index contributed by atoms with van der Waals surface area (Å²) in [6, 6.07) is 18.5. The SMILES string of the molecule is COc1nn(C)c(=O)n1C(C)c1cccc(-c2ccccc2)c1. The molecule has 0 N–H and O–H groups in total. The normalized spacial score (nSPS) is 12.1. The molecule has 0 radical (unpaired) electrons. The number of nitrogens with zero attached hydrogens (tertiary/aromatic N) is 3. The van der Waals surface area contributed by atoms with Crippen molar-refractivity contribution < 1.29 is 4.74 Å². The Morgan fingerprint density at radius 2 is 1.74 bits per heavy atom. The summed E-state index contributed by atoms with van der Waals surface area (Å²) >= 11 is 0. The van der Waals surface area contributed by atoms with Crippen molar-refractivity contribution in [3.8, 4) is 17.1 Å². The molecule has 0 spiro atoms. The second-order valence-corrected chi connectivity index (χ2v) is 5.43. The van der Waals surface area contributed by atoms with Gasteiger partial charge in [0.25, 0.3) is 0 Å². The second-order valence-electron chi connectivity index (χ2n) is 5.43. The Kier molecular flexibility index (Phi) is 4.02. The summed E-state index contributed by atoms with van der Waals surface area (Å²) in [5.74, 6) is 0. The molecule has 5 nitrogen and oxygen atoms in total. The number of ether oxygens (including phenoxy) is 1. The van der Waals surface area contributed by atoms with Gasteiger partial charge in [-0.25, -0.2) is 14.0 Å². The lowest BCUT2D eigenvalue weighted by molar-refractivity contribution is 0.346. The average Bonchev–Trinajstić information content (AvgIpc) is 2.89. The van der Waals surface area contributed by atoms with Crippen molar-refractivity contribution >= 4 is 0 Å². The number of benzene rings is 2. The first-order valence-corrected chi connectivity index (χ1v) is 7.46. The molecule has 0 aliphatic carbocycles. The summed E-state index contributed by atoms with van der Waals surface area (Å²) in [6.45, 7) is 1.97. The Labute approximate surface area is 134 Å². The van der Waals surface area contributed by atoms with Gasteiger partial charge in [-0.3, -0.25) is 0 Å². The molecule has 3 aromatic rings. The van der Waals surface area contributed by atoms with E-state index in [2.05, 4.69) is 29.4 Å². The highest BCUT2D eigenvalue weighted by Gasteiger charge is 2.19. The van der Waals surface area contributed by atoms with E-state index in [0.29, 0.717) is 6.01 Å². The van der Waals surface area contributed by atoms with Crippen LogP contribution in [0.5, 0.6) is 6.01 Å². The predicted octanol–water partition coefficient (Wildman–Crippen LogP) is 2.87.